The van der Waals surface area contributed by atoms with Gasteiger partial charge < -0.3 is 15.2 Å². The Morgan fingerprint density at radius 1 is 1.17 bits per heavy atom. The predicted molar refractivity (Wildman–Crippen MR) is 104 cm³/mol. The van der Waals surface area contributed by atoms with Gasteiger partial charge in [0.2, 0.25) is 0 Å². The lowest BCUT2D eigenvalue weighted by Gasteiger charge is -2.30. The highest BCUT2D eigenvalue weighted by molar-refractivity contribution is 5.63. The van der Waals surface area contributed by atoms with Crippen molar-refractivity contribution in [3.63, 3.8) is 0 Å². The van der Waals surface area contributed by atoms with Crippen molar-refractivity contribution in [3.05, 3.63) is 29.6 Å². The Morgan fingerprint density at radius 3 is 2.43 bits per heavy atom. The molecule has 2 aromatic rings. The molecular weight excluding hydrogens is 397 g/mol. The fraction of sp³-hybridized carbons (Fsp3) is 0.619. The molecule has 162 valence electrons. The number of nitrogen functional groups attached to an aromatic ring is 1. The first-order valence-corrected chi connectivity index (χ1v) is 10.4. The molecule has 0 aromatic carbocycles. The van der Waals surface area contributed by atoms with Crippen LogP contribution >= 0.6 is 0 Å². The second-order valence-corrected chi connectivity index (χ2v) is 8.89. The van der Waals surface area contributed by atoms with Gasteiger partial charge in [-0.2, -0.15) is 18.3 Å². The van der Waals surface area contributed by atoms with Crippen molar-refractivity contribution in [2.24, 2.45) is 11.8 Å². The minimum Gasteiger partial charge on any atom is -0.383 e. The molecule has 0 spiro atoms. The van der Waals surface area contributed by atoms with Crippen LogP contribution in [0.5, 0.6) is 0 Å². The van der Waals surface area contributed by atoms with Crippen LogP contribution < -0.4 is 5.73 Å². The molecule has 0 radical (unpaired) electrons. The third-order valence-corrected chi connectivity index (χ3v) is 6.51. The summed E-state index contributed by atoms with van der Waals surface area (Å²) in [5.41, 5.74) is 6.43. The zero-order valence-electron chi connectivity index (χ0n) is 16.9. The maximum atomic E-state index is 13.2. The number of pyridine rings is 1. The van der Waals surface area contributed by atoms with Gasteiger partial charge in [-0.05, 0) is 50.7 Å². The standard InChI is InChI=1S/C21H25F3N4O2/c1-10(2)28-18(19-14-4-12(5-15(14)19)30-13-8-29-9-13)6-17(27-28)11-3-16(21(22,23)24)20(25)26-7-11/h3,6-7,10,12-15,19H,4-5,8-9H2,1-2H3,(H2,25,26)/t12?,14-,15+,19+. The van der Waals surface area contributed by atoms with Gasteiger partial charge in [0.15, 0.2) is 0 Å². The van der Waals surface area contributed by atoms with E-state index in [1.807, 2.05) is 24.6 Å². The SMILES string of the molecule is CC(C)n1nc(-c2cnc(N)c(C(F)(F)F)c2)cc1[C@H]1[C@@H]2CC(OC3COC3)C[C@@H]21. The quantitative estimate of drug-likeness (QED) is 0.787. The van der Waals surface area contributed by atoms with Crippen LogP contribution in [-0.2, 0) is 15.7 Å². The van der Waals surface area contributed by atoms with E-state index in [1.54, 1.807) is 0 Å². The fourth-order valence-corrected chi connectivity index (χ4v) is 4.96. The van der Waals surface area contributed by atoms with Gasteiger partial charge in [-0.25, -0.2) is 4.98 Å². The molecule has 0 bridgehead atoms. The normalized spacial score (nSPS) is 28.6. The lowest BCUT2D eigenvalue weighted by atomic mass is 10.0. The first-order valence-electron chi connectivity index (χ1n) is 10.4. The van der Waals surface area contributed by atoms with Crippen molar-refractivity contribution in [2.45, 2.75) is 57.0 Å². The number of alkyl halides is 3. The first-order chi connectivity index (χ1) is 14.2. The summed E-state index contributed by atoms with van der Waals surface area (Å²) in [4.78, 5) is 3.76. The molecule has 2 aliphatic carbocycles. The van der Waals surface area contributed by atoms with E-state index >= 15 is 0 Å². The summed E-state index contributed by atoms with van der Waals surface area (Å²) in [6.45, 7) is 5.44. The predicted octanol–water partition coefficient (Wildman–Crippen LogP) is 4.03. The lowest BCUT2D eigenvalue weighted by Crippen LogP contribution is -2.38. The number of aromatic nitrogens is 3. The summed E-state index contributed by atoms with van der Waals surface area (Å²) in [5, 5.41) is 4.63. The first kappa shape index (κ1) is 19.8. The number of rotatable bonds is 5. The van der Waals surface area contributed by atoms with Crippen LogP contribution in [0.25, 0.3) is 11.3 Å². The molecule has 9 heteroatoms. The molecule has 30 heavy (non-hydrogen) atoms. The van der Waals surface area contributed by atoms with E-state index in [-0.39, 0.29) is 18.2 Å². The fourth-order valence-electron chi connectivity index (χ4n) is 4.96. The zero-order chi connectivity index (χ0) is 21.2. The third-order valence-electron chi connectivity index (χ3n) is 6.51. The average molecular weight is 422 g/mol. The molecule has 1 aliphatic heterocycles. The number of halogens is 3. The maximum absolute atomic E-state index is 13.2. The second-order valence-electron chi connectivity index (χ2n) is 8.89. The van der Waals surface area contributed by atoms with E-state index in [1.165, 1.54) is 6.20 Å². The molecule has 4 atom stereocenters. The van der Waals surface area contributed by atoms with Crippen LogP contribution in [0.1, 0.15) is 49.9 Å². The van der Waals surface area contributed by atoms with Gasteiger partial charge in [0.1, 0.15) is 11.9 Å². The van der Waals surface area contributed by atoms with E-state index in [2.05, 4.69) is 10.1 Å². The van der Waals surface area contributed by atoms with E-state index in [0.29, 0.717) is 42.2 Å². The number of ether oxygens (including phenoxy) is 2. The van der Waals surface area contributed by atoms with E-state index < -0.39 is 17.6 Å². The summed E-state index contributed by atoms with van der Waals surface area (Å²) < 4.78 is 52.9. The molecule has 6 nitrogen and oxygen atoms in total. The summed E-state index contributed by atoms with van der Waals surface area (Å²) in [7, 11) is 0. The monoisotopic (exact) mass is 422 g/mol. The van der Waals surface area contributed by atoms with Crippen molar-refractivity contribution in [3.8, 4) is 11.3 Å². The summed E-state index contributed by atoms with van der Waals surface area (Å²) >= 11 is 0. The largest absolute Gasteiger partial charge is 0.419 e. The van der Waals surface area contributed by atoms with Gasteiger partial charge in [0.05, 0.1) is 30.6 Å². The molecule has 1 saturated heterocycles. The van der Waals surface area contributed by atoms with Crippen LogP contribution in [0.4, 0.5) is 19.0 Å². The Balaban J connectivity index is 1.38. The highest BCUT2D eigenvalue weighted by atomic mass is 19.4. The molecule has 1 unspecified atom stereocenters. The van der Waals surface area contributed by atoms with Crippen molar-refractivity contribution in [2.75, 3.05) is 18.9 Å². The number of fused-ring (bicyclic) bond motifs is 1. The van der Waals surface area contributed by atoms with E-state index in [0.717, 1.165) is 24.6 Å². The Labute approximate surface area is 172 Å². The van der Waals surface area contributed by atoms with Crippen LogP contribution in [0, 0.1) is 11.8 Å². The molecule has 3 fully saturated rings. The number of nitrogens with zero attached hydrogens (tertiary/aromatic N) is 3. The summed E-state index contributed by atoms with van der Waals surface area (Å²) in [6, 6.07) is 3.07. The highest BCUT2D eigenvalue weighted by Gasteiger charge is 2.58. The molecule has 2 saturated carbocycles. The van der Waals surface area contributed by atoms with E-state index in [4.69, 9.17) is 15.2 Å². The smallest absolute Gasteiger partial charge is 0.383 e. The topological polar surface area (TPSA) is 75.2 Å². The average Bonchev–Trinajstić information content (AvgIpc) is 3.00. The Hall–Kier alpha value is -2.13. The lowest BCUT2D eigenvalue weighted by molar-refractivity contribution is -0.154. The molecular formula is C21H25F3N4O2. The number of hydrogen-bond acceptors (Lipinski definition) is 5. The minimum absolute atomic E-state index is 0.109. The van der Waals surface area contributed by atoms with Gasteiger partial charge in [-0.3, -0.25) is 4.68 Å². The summed E-state index contributed by atoms with van der Waals surface area (Å²) in [6.07, 6.45) is -0.627. The van der Waals surface area contributed by atoms with Crippen LogP contribution in [0.2, 0.25) is 0 Å². The molecule has 3 aliphatic rings. The molecule has 5 rings (SSSR count). The third kappa shape index (κ3) is 3.37. The molecule has 0 amide bonds. The van der Waals surface area contributed by atoms with Gasteiger partial charge >= 0.3 is 6.18 Å². The van der Waals surface area contributed by atoms with Crippen LogP contribution in [0.3, 0.4) is 0 Å². The van der Waals surface area contributed by atoms with Crippen LogP contribution in [-0.4, -0.2) is 40.2 Å². The zero-order valence-corrected chi connectivity index (χ0v) is 16.9. The van der Waals surface area contributed by atoms with Gasteiger partial charge in [0, 0.05) is 29.4 Å². The molecule has 3 heterocycles. The van der Waals surface area contributed by atoms with Crippen LogP contribution in [0.15, 0.2) is 18.3 Å². The Morgan fingerprint density at radius 2 is 1.87 bits per heavy atom. The van der Waals surface area contributed by atoms with Gasteiger partial charge in [-0.15, -0.1) is 0 Å². The number of hydrogen-bond donors (Lipinski definition) is 1. The highest BCUT2D eigenvalue weighted by Crippen LogP contribution is 2.64. The van der Waals surface area contributed by atoms with Gasteiger partial charge in [-0.1, -0.05) is 0 Å². The number of anilines is 1. The Kier molecular flexibility index (Phi) is 4.59. The molecule has 2 aromatic heterocycles. The Bertz CT molecular complexity index is 942. The molecule has 2 N–H and O–H groups in total. The second kappa shape index (κ2) is 6.95. The minimum atomic E-state index is -4.55. The number of nitrogens with two attached hydrogens (primary N) is 1. The van der Waals surface area contributed by atoms with Crippen molar-refractivity contribution >= 4 is 5.82 Å². The maximum Gasteiger partial charge on any atom is 0.419 e. The van der Waals surface area contributed by atoms with Crippen molar-refractivity contribution in [1.29, 1.82) is 0 Å². The van der Waals surface area contributed by atoms with Crippen molar-refractivity contribution < 1.29 is 22.6 Å². The van der Waals surface area contributed by atoms with Crippen molar-refractivity contribution in [1.82, 2.24) is 14.8 Å². The summed E-state index contributed by atoms with van der Waals surface area (Å²) in [5.74, 6) is 0.964. The van der Waals surface area contributed by atoms with E-state index in [9.17, 15) is 13.2 Å². The van der Waals surface area contributed by atoms with Gasteiger partial charge in [0.25, 0.3) is 0 Å².